The zero-order chi connectivity index (χ0) is 13.3. The first kappa shape index (κ1) is 13.9. The summed E-state index contributed by atoms with van der Waals surface area (Å²) in [5.74, 6) is -0.599. The van der Waals surface area contributed by atoms with Crippen molar-refractivity contribution in [1.29, 1.82) is 0 Å². The van der Waals surface area contributed by atoms with Crippen LogP contribution >= 0.6 is 22.9 Å². The number of carbonyl (C=O) groups is 1. The standard InChI is InChI=1S/C14H19ClO2S/c1-14(2)6-5-11(13(16)17)9(8-14)7-10-3-4-12(15)18-10/h3-4,9,11H,5-8H2,1-2H3,(H,16,17). The molecule has 0 aliphatic heterocycles. The molecular formula is C14H19ClO2S. The second-order valence-corrected chi connectivity index (χ2v) is 7.82. The lowest BCUT2D eigenvalue weighted by Crippen LogP contribution is -2.35. The van der Waals surface area contributed by atoms with Crippen LogP contribution in [-0.4, -0.2) is 11.1 Å². The van der Waals surface area contributed by atoms with Crippen molar-refractivity contribution in [3.05, 3.63) is 21.3 Å². The number of halogens is 1. The van der Waals surface area contributed by atoms with Gasteiger partial charge in [-0.1, -0.05) is 25.4 Å². The monoisotopic (exact) mass is 286 g/mol. The van der Waals surface area contributed by atoms with Gasteiger partial charge in [0.15, 0.2) is 0 Å². The van der Waals surface area contributed by atoms with Gasteiger partial charge < -0.3 is 5.11 Å². The molecule has 1 aliphatic rings. The van der Waals surface area contributed by atoms with Crippen LogP contribution in [0.3, 0.4) is 0 Å². The molecule has 0 amide bonds. The number of thiophene rings is 1. The van der Waals surface area contributed by atoms with E-state index in [-0.39, 0.29) is 17.3 Å². The minimum absolute atomic E-state index is 0.195. The van der Waals surface area contributed by atoms with Gasteiger partial charge in [0.25, 0.3) is 0 Å². The summed E-state index contributed by atoms with van der Waals surface area (Å²) in [6.07, 6.45) is 3.63. The van der Waals surface area contributed by atoms with Crippen LogP contribution < -0.4 is 0 Å². The Kier molecular flexibility index (Phi) is 4.02. The van der Waals surface area contributed by atoms with Crippen molar-refractivity contribution >= 4 is 28.9 Å². The molecule has 1 fully saturated rings. The van der Waals surface area contributed by atoms with Gasteiger partial charge in [-0.15, -0.1) is 11.3 Å². The molecule has 0 spiro atoms. The van der Waals surface area contributed by atoms with E-state index in [1.54, 1.807) is 11.3 Å². The summed E-state index contributed by atoms with van der Waals surface area (Å²) in [5, 5.41) is 9.34. The third-order valence-electron chi connectivity index (χ3n) is 3.93. The van der Waals surface area contributed by atoms with Crippen LogP contribution in [0.1, 0.15) is 38.0 Å². The van der Waals surface area contributed by atoms with Crippen molar-refractivity contribution in [2.24, 2.45) is 17.3 Å². The van der Waals surface area contributed by atoms with Crippen molar-refractivity contribution in [2.45, 2.75) is 39.5 Å². The third-order valence-corrected chi connectivity index (χ3v) is 5.18. The van der Waals surface area contributed by atoms with Gasteiger partial charge in [0, 0.05) is 4.88 Å². The summed E-state index contributed by atoms with van der Waals surface area (Å²) in [6.45, 7) is 4.47. The smallest absolute Gasteiger partial charge is 0.306 e. The largest absolute Gasteiger partial charge is 0.481 e. The summed E-state index contributed by atoms with van der Waals surface area (Å²) in [4.78, 5) is 12.6. The molecule has 1 saturated carbocycles. The third kappa shape index (κ3) is 3.27. The Balaban J connectivity index is 2.12. The Labute approximate surface area is 117 Å². The molecule has 2 rings (SSSR count). The van der Waals surface area contributed by atoms with Crippen LogP contribution in [0, 0.1) is 17.3 Å². The molecule has 100 valence electrons. The van der Waals surface area contributed by atoms with Crippen LogP contribution in [0.5, 0.6) is 0 Å². The number of hydrogen-bond acceptors (Lipinski definition) is 2. The van der Waals surface area contributed by atoms with Gasteiger partial charge >= 0.3 is 5.97 Å². The van der Waals surface area contributed by atoms with E-state index in [1.807, 2.05) is 12.1 Å². The fourth-order valence-corrected chi connectivity index (χ4v) is 4.18. The predicted octanol–water partition coefficient (Wildman–Crippen LogP) is 4.47. The Hall–Kier alpha value is -0.540. The van der Waals surface area contributed by atoms with Crippen LogP contribution in [0.25, 0.3) is 0 Å². The summed E-state index contributed by atoms with van der Waals surface area (Å²) in [7, 11) is 0. The highest BCUT2D eigenvalue weighted by atomic mass is 35.5. The molecule has 2 atom stereocenters. The molecule has 2 unspecified atom stereocenters. The van der Waals surface area contributed by atoms with Gasteiger partial charge in [-0.25, -0.2) is 0 Å². The highest BCUT2D eigenvalue weighted by Gasteiger charge is 2.38. The first-order valence-electron chi connectivity index (χ1n) is 6.34. The van der Waals surface area contributed by atoms with Crippen LogP contribution in [0.15, 0.2) is 12.1 Å². The zero-order valence-corrected chi connectivity index (χ0v) is 12.4. The summed E-state index contributed by atoms with van der Waals surface area (Å²) in [6, 6.07) is 3.92. The molecule has 0 aromatic carbocycles. The molecule has 0 radical (unpaired) electrons. The topological polar surface area (TPSA) is 37.3 Å². The molecular weight excluding hydrogens is 268 g/mol. The molecule has 18 heavy (non-hydrogen) atoms. The van der Waals surface area contributed by atoms with Crippen LogP contribution in [0.4, 0.5) is 0 Å². The second-order valence-electron chi connectivity index (χ2n) is 6.02. The fraction of sp³-hybridized carbons (Fsp3) is 0.643. The fourth-order valence-electron chi connectivity index (χ4n) is 3.00. The van der Waals surface area contributed by atoms with E-state index in [1.165, 1.54) is 4.88 Å². The minimum atomic E-state index is -0.641. The summed E-state index contributed by atoms with van der Waals surface area (Å²) < 4.78 is 0.784. The van der Waals surface area contributed by atoms with Crippen molar-refractivity contribution in [2.75, 3.05) is 0 Å². The maximum atomic E-state index is 11.3. The SMILES string of the molecule is CC1(C)CCC(C(=O)O)C(Cc2ccc(Cl)s2)C1. The molecule has 0 bridgehead atoms. The molecule has 1 N–H and O–H groups in total. The van der Waals surface area contributed by atoms with E-state index in [2.05, 4.69) is 13.8 Å². The Morgan fingerprint density at radius 1 is 1.56 bits per heavy atom. The van der Waals surface area contributed by atoms with E-state index in [0.29, 0.717) is 0 Å². The van der Waals surface area contributed by atoms with Gasteiger partial charge in [0.2, 0.25) is 0 Å². The minimum Gasteiger partial charge on any atom is -0.481 e. The van der Waals surface area contributed by atoms with Crippen molar-refractivity contribution < 1.29 is 9.90 Å². The summed E-state index contributed by atoms with van der Waals surface area (Å²) >= 11 is 7.50. The first-order chi connectivity index (χ1) is 8.37. The first-order valence-corrected chi connectivity index (χ1v) is 7.54. The van der Waals surface area contributed by atoms with E-state index in [0.717, 1.165) is 30.0 Å². The van der Waals surface area contributed by atoms with Gasteiger partial charge in [-0.05, 0) is 49.1 Å². The highest BCUT2D eigenvalue weighted by molar-refractivity contribution is 7.16. The van der Waals surface area contributed by atoms with E-state index in [9.17, 15) is 9.90 Å². The lowest BCUT2D eigenvalue weighted by atomic mass is 9.66. The van der Waals surface area contributed by atoms with Crippen molar-refractivity contribution in [1.82, 2.24) is 0 Å². The Morgan fingerprint density at radius 2 is 2.28 bits per heavy atom. The average molecular weight is 287 g/mol. The second kappa shape index (κ2) is 5.22. The zero-order valence-electron chi connectivity index (χ0n) is 10.8. The van der Waals surface area contributed by atoms with E-state index >= 15 is 0 Å². The van der Waals surface area contributed by atoms with Crippen molar-refractivity contribution in [3.63, 3.8) is 0 Å². The summed E-state index contributed by atoms with van der Waals surface area (Å²) in [5.41, 5.74) is 0.262. The van der Waals surface area contributed by atoms with Crippen LogP contribution in [0.2, 0.25) is 4.34 Å². The van der Waals surface area contributed by atoms with E-state index in [4.69, 9.17) is 11.6 Å². The molecule has 1 aromatic heterocycles. The Morgan fingerprint density at radius 3 is 2.83 bits per heavy atom. The highest BCUT2D eigenvalue weighted by Crippen LogP contribution is 2.43. The van der Waals surface area contributed by atoms with E-state index < -0.39 is 5.97 Å². The molecule has 1 heterocycles. The molecule has 1 aliphatic carbocycles. The number of aliphatic carboxylic acids is 1. The average Bonchev–Trinajstić information content (AvgIpc) is 2.62. The quantitative estimate of drug-likeness (QED) is 0.890. The van der Waals surface area contributed by atoms with Gasteiger partial charge in [-0.3, -0.25) is 4.79 Å². The molecule has 2 nitrogen and oxygen atoms in total. The van der Waals surface area contributed by atoms with Gasteiger partial charge in [-0.2, -0.15) is 0 Å². The Bertz CT molecular complexity index is 439. The maximum absolute atomic E-state index is 11.3. The number of hydrogen-bond donors (Lipinski definition) is 1. The molecule has 1 aromatic rings. The van der Waals surface area contributed by atoms with Crippen LogP contribution in [-0.2, 0) is 11.2 Å². The lowest BCUT2D eigenvalue weighted by Gasteiger charge is -2.39. The van der Waals surface area contributed by atoms with Crippen molar-refractivity contribution in [3.8, 4) is 0 Å². The number of carboxylic acid groups (broad SMARTS) is 1. The normalized spacial score (nSPS) is 27.1. The maximum Gasteiger partial charge on any atom is 0.306 e. The van der Waals surface area contributed by atoms with Gasteiger partial charge in [0.05, 0.1) is 10.3 Å². The van der Waals surface area contributed by atoms with Gasteiger partial charge in [0.1, 0.15) is 0 Å². The number of carboxylic acids is 1. The predicted molar refractivity (Wildman–Crippen MR) is 75.3 cm³/mol. The molecule has 4 heteroatoms. The lowest BCUT2D eigenvalue weighted by molar-refractivity contribution is -0.146. The molecule has 0 saturated heterocycles. The number of rotatable bonds is 3.